The van der Waals surface area contributed by atoms with Gasteiger partial charge in [0.1, 0.15) is 5.75 Å². The molecule has 0 aliphatic rings. The molecule has 4 nitrogen and oxygen atoms in total. The lowest BCUT2D eigenvalue weighted by Crippen LogP contribution is -2.40. The van der Waals surface area contributed by atoms with Gasteiger partial charge >= 0.3 is 6.03 Å². The van der Waals surface area contributed by atoms with E-state index in [1.165, 1.54) is 0 Å². The Labute approximate surface area is 115 Å². The summed E-state index contributed by atoms with van der Waals surface area (Å²) in [6.07, 6.45) is 1.96. The van der Waals surface area contributed by atoms with Crippen LogP contribution in [0, 0.1) is 0 Å². The molecule has 0 saturated carbocycles. The second-order valence-corrected chi connectivity index (χ2v) is 4.50. The molecule has 19 heavy (non-hydrogen) atoms. The van der Waals surface area contributed by atoms with Gasteiger partial charge in [0.15, 0.2) is 0 Å². The van der Waals surface area contributed by atoms with Crippen molar-refractivity contribution in [3.8, 4) is 5.75 Å². The fourth-order valence-electron chi connectivity index (χ4n) is 1.93. The highest BCUT2D eigenvalue weighted by molar-refractivity contribution is 5.74. The average molecular weight is 264 g/mol. The Morgan fingerprint density at radius 2 is 1.95 bits per heavy atom. The number of nitrogens with one attached hydrogen (secondary N) is 1. The first-order valence-corrected chi connectivity index (χ1v) is 6.87. The van der Waals surface area contributed by atoms with Gasteiger partial charge in [0.2, 0.25) is 0 Å². The largest absolute Gasteiger partial charge is 0.497 e. The lowest BCUT2D eigenvalue weighted by atomic mass is 10.2. The number of nitrogens with zero attached hydrogens (tertiary/aromatic N) is 1. The molecule has 0 saturated heterocycles. The molecule has 0 atom stereocenters. The van der Waals surface area contributed by atoms with E-state index in [4.69, 9.17) is 4.74 Å². The minimum atomic E-state index is 0.00604. The summed E-state index contributed by atoms with van der Waals surface area (Å²) in [5.74, 6) is 0.811. The zero-order chi connectivity index (χ0) is 14.1. The van der Waals surface area contributed by atoms with Crippen LogP contribution in [0.5, 0.6) is 5.75 Å². The zero-order valence-corrected chi connectivity index (χ0v) is 12.1. The van der Waals surface area contributed by atoms with Crippen molar-refractivity contribution < 1.29 is 9.53 Å². The van der Waals surface area contributed by atoms with E-state index in [-0.39, 0.29) is 6.03 Å². The van der Waals surface area contributed by atoms with Crippen LogP contribution in [-0.4, -0.2) is 31.1 Å². The van der Waals surface area contributed by atoms with Crippen LogP contribution < -0.4 is 10.1 Å². The fourth-order valence-corrected chi connectivity index (χ4v) is 1.93. The maximum absolute atomic E-state index is 12.0. The van der Waals surface area contributed by atoms with E-state index in [0.717, 1.165) is 37.2 Å². The number of hydrogen-bond acceptors (Lipinski definition) is 2. The van der Waals surface area contributed by atoms with Crippen LogP contribution in [0.25, 0.3) is 0 Å². The van der Waals surface area contributed by atoms with E-state index in [2.05, 4.69) is 19.2 Å². The van der Waals surface area contributed by atoms with Crippen LogP contribution in [0.3, 0.4) is 0 Å². The highest BCUT2D eigenvalue weighted by Gasteiger charge is 2.10. The zero-order valence-electron chi connectivity index (χ0n) is 12.1. The summed E-state index contributed by atoms with van der Waals surface area (Å²) in [6.45, 7) is 6.30. The Bertz CT molecular complexity index is 387. The minimum Gasteiger partial charge on any atom is -0.497 e. The lowest BCUT2D eigenvalue weighted by molar-refractivity contribution is 0.197. The molecule has 0 bridgehead atoms. The van der Waals surface area contributed by atoms with Crippen molar-refractivity contribution in [2.45, 2.75) is 33.2 Å². The van der Waals surface area contributed by atoms with Crippen molar-refractivity contribution >= 4 is 6.03 Å². The van der Waals surface area contributed by atoms with Crippen LogP contribution in [0.15, 0.2) is 24.3 Å². The third kappa shape index (κ3) is 5.20. The number of ether oxygens (including phenoxy) is 1. The summed E-state index contributed by atoms with van der Waals surface area (Å²) in [5.41, 5.74) is 1.04. The van der Waals surface area contributed by atoms with Crippen LogP contribution in [0.4, 0.5) is 4.79 Å². The Morgan fingerprint density at radius 1 is 1.26 bits per heavy atom. The Morgan fingerprint density at radius 3 is 2.53 bits per heavy atom. The Balaban J connectivity index is 2.51. The van der Waals surface area contributed by atoms with Gasteiger partial charge in [-0.1, -0.05) is 26.0 Å². The third-order valence-corrected chi connectivity index (χ3v) is 2.85. The summed E-state index contributed by atoms with van der Waals surface area (Å²) >= 11 is 0. The monoisotopic (exact) mass is 264 g/mol. The molecule has 106 valence electrons. The molecule has 0 spiro atoms. The van der Waals surface area contributed by atoms with Gasteiger partial charge in [-0.15, -0.1) is 0 Å². The number of urea groups is 1. The second-order valence-electron chi connectivity index (χ2n) is 4.50. The maximum atomic E-state index is 12.0. The average Bonchev–Trinajstić information content (AvgIpc) is 2.44. The van der Waals surface area contributed by atoms with Gasteiger partial charge in [-0.25, -0.2) is 4.79 Å². The summed E-state index contributed by atoms with van der Waals surface area (Å²) in [7, 11) is 1.64. The quantitative estimate of drug-likeness (QED) is 0.822. The van der Waals surface area contributed by atoms with E-state index in [1.54, 1.807) is 7.11 Å². The number of carbonyl (C=O) groups is 1. The third-order valence-electron chi connectivity index (χ3n) is 2.85. The van der Waals surface area contributed by atoms with Crippen LogP contribution in [-0.2, 0) is 6.54 Å². The molecule has 1 rings (SSSR count). The van der Waals surface area contributed by atoms with Crippen LogP contribution in [0.1, 0.15) is 32.3 Å². The molecule has 0 fully saturated rings. The number of rotatable bonds is 7. The highest BCUT2D eigenvalue weighted by Crippen LogP contribution is 2.12. The number of amides is 2. The van der Waals surface area contributed by atoms with Crippen molar-refractivity contribution in [3.05, 3.63) is 29.8 Å². The smallest absolute Gasteiger partial charge is 0.317 e. The van der Waals surface area contributed by atoms with E-state index in [1.807, 2.05) is 29.2 Å². The van der Waals surface area contributed by atoms with E-state index in [0.29, 0.717) is 6.54 Å². The summed E-state index contributed by atoms with van der Waals surface area (Å²) in [6, 6.07) is 7.74. The maximum Gasteiger partial charge on any atom is 0.317 e. The van der Waals surface area contributed by atoms with Crippen molar-refractivity contribution in [2.24, 2.45) is 0 Å². The number of hydrogen-bond donors (Lipinski definition) is 1. The van der Waals surface area contributed by atoms with Gasteiger partial charge < -0.3 is 15.0 Å². The predicted molar refractivity (Wildman–Crippen MR) is 77.4 cm³/mol. The number of methoxy groups -OCH3 is 1. The molecule has 0 radical (unpaired) electrons. The molecule has 1 aromatic carbocycles. The van der Waals surface area contributed by atoms with E-state index < -0.39 is 0 Å². The van der Waals surface area contributed by atoms with Crippen molar-refractivity contribution in [3.63, 3.8) is 0 Å². The van der Waals surface area contributed by atoms with E-state index >= 15 is 0 Å². The van der Waals surface area contributed by atoms with Gasteiger partial charge in [-0.2, -0.15) is 0 Å². The molecule has 0 aliphatic carbocycles. The molecular weight excluding hydrogens is 240 g/mol. The highest BCUT2D eigenvalue weighted by atomic mass is 16.5. The number of benzene rings is 1. The molecule has 0 aromatic heterocycles. The summed E-state index contributed by atoms with van der Waals surface area (Å²) in [4.78, 5) is 13.9. The molecule has 1 aromatic rings. The van der Waals surface area contributed by atoms with E-state index in [9.17, 15) is 4.79 Å². The standard InChI is InChI=1S/C15H24N2O2/c1-4-9-17(10-5-2)15(18)16-12-13-7-6-8-14(11-13)19-3/h6-8,11H,4-5,9-10,12H2,1-3H3,(H,16,18). The topological polar surface area (TPSA) is 41.6 Å². The first-order valence-electron chi connectivity index (χ1n) is 6.87. The summed E-state index contributed by atoms with van der Waals surface area (Å²) < 4.78 is 5.16. The van der Waals surface area contributed by atoms with Gasteiger partial charge in [0, 0.05) is 19.6 Å². The Hall–Kier alpha value is -1.71. The first-order chi connectivity index (χ1) is 9.21. The van der Waals surface area contributed by atoms with Crippen molar-refractivity contribution in [1.29, 1.82) is 0 Å². The van der Waals surface area contributed by atoms with Gasteiger partial charge in [0.25, 0.3) is 0 Å². The Kier molecular flexibility index (Phi) is 6.79. The SMILES string of the molecule is CCCN(CCC)C(=O)NCc1cccc(OC)c1. The molecule has 4 heteroatoms. The first kappa shape index (κ1) is 15.3. The molecule has 0 aliphatic heterocycles. The van der Waals surface area contributed by atoms with Crippen LogP contribution >= 0.6 is 0 Å². The molecular formula is C15H24N2O2. The fraction of sp³-hybridized carbons (Fsp3) is 0.533. The van der Waals surface area contributed by atoms with Gasteiger partial charge in [-0.3, -0.25) is 0 Å². The van der Waals surface area contributed by atoms with Crippen LogP contribution in [0.2, 0.25) is 0 Å². The lowest BCUT2D eigenvalue weighted by Gasteiger charge is -2.21. The molecule has 2 amide bonds. The van der Waals surface area contributed by atoms with Crippen molar-refractivity contribution in [2.75, 3.05) is 20.2 Å². The predicted octanol–water partition coefficient (Wildman–Crippen LogP) is 3.03. The van der Waals surface area contributed by atoms with Crippen molar-refractivity contribution in [1.82, 2.24) is 10.2 Å². The van der Waals surface area contributed by atoms with Gasteiger partial charge in [-0.05, 0) is 30.5 Å². The summed E-state index contributed by atoms with van der Waals surface area (Å²) in [5, 5.41) is 2.95. The second kappa shape index (κ2) is 8.40. The molecule has 0 unspecified atom stereocenters. The minimum absolute atomic E-state index is 0.00604. The molecule has 0 heterocycles. The normalized spacial score (nSPS) is 10.1. The van der Waals surface area contributed by atoms with Gasteiger partial charge in [0.05, 0.1) is 7.11 Å². The number of carbonyl (C=O) groups excluding carboxylic acids is 1. The molecule has 1 N–H and O–H groups in total.